The zero-order valence-corrected chi connectivity index (χ0v) is 16.8. The highest BCUT2D eigenvalue weighted by Crippen LogP contribution is 2.33. The SMILES string of the molecule is C[C@H](c1cc(F)cc(F)c1)N(C(=O)c1ccc(CO)cc1)[C@@H](C(N)=O)c1ccccc1. The molecule has 3 aromatic rings. The van der Waals surface area contributed by atoms with E-state index in [1.807, 2.05) is 0 Å². The van der Waals surface area contributed by atoms with E-state index in [4.69, 9.17) is 5.73 Å². The van der Waals surface area contributed by atoms with Crippen LogP contribution in [0.3, 0.4) is 0 Å². The lowest BCUT2D eigenvalue weighted by atomic mass is 9.97. The summed E-state index contributed by atoms with van der Waals surface area (Å²) in [6, 6.07) is 15.6. The fraction of sp³-hybridized carbons (Fsp3) is 0.167. The standard InChI is InChI=1S/C24H22F2N2O3/c1-15(19-11-20(25)13-21(26)12-19)28(22(23(27)30)17-5-3-2-4-6-17)24(31)18-9-7-16(14-29)8-10-18/h2-13,15,22,29H,14H2,1H3,(H2,27,30)/t15-,22-/m1/s1. The number of carbonyl (C=O) groups is 2. The van der Waals surface area contributed by atoms with Crippen LogP contribution in [-0.2, 0) is 11.4 Å². The molecule has 2 amide bonds. The maximum absolute atomic E-state index is 13.9. The molecular formula is C24H22F2N2O3. The molecule has 2 atom stereocenters. The first-order valence-corrected chi connectivity index (χ1v) is 9.64. The van der Waals surface area contributed by atoms with E-state index in [0.29, 0.717) is 11.1 Å². The van der Waals surface area contributed by atoms with Gasteiger partial charge in [-0.1, -0.05) is 42.5 Å². The van der Waals surface area contributed by atoms with Crippen molar-refractivity contribution in [3.63, 3.8) is 0 Å². The van der Waals surface area contributed by atoms with E-state index in [1.54, 1.807) is 49.4 Å². The Hall–Kier alpha value is -3.58. The van der Waals surface area contributed by atoms with Crippen LogP contribution in [0.5, 0.6) is 0 Å². The minimum Gasteiger partial charge on any atom is -0.392 e. The Morgan fingerprint density at radius 2 is 1.52 bits per heavy atom. The van der Waals surface area contributed by atoms with E-state index in [9.17, 15) is 23.5 Å². The molecule has 0 spiro atoms. The van der Waals surface area contributed by atoms with Gasteiger partial charge in [-0.15, -0.1) is 0 Å². The molecule has 0 saturated heterocycles. The number of aliphatic hydroxyl groups is 1. The smallest absolute Gasteiger partial charge is 0.255 e. The molecule has 0 aliphatic rings. The Morgan fingerprint density at radius 3 is 2.03 bits per heavy atom. The van der Waals surface area contributed by atoms with Gasteiger partial charge in [0.25, 0.3) is 5.91 Å². The summed E-state index contributed by atoms with van der Waals surface area (Å²) in [4.78, 5) is 27.2. The van der Waals surface area contributed by atoms with E-state index < -0.39 is 35.5 Å². The molecule has 0 heterocycles. The molecule has 160 valence electrons. The number of nitrogens with two attached hydrogens (primary N) is 1. The van der Waals surface area contributed by atoms with Crippen LogP contribution in [0.4, 0.5) is 8.78 Å². The summed E-state index contributed by atoms with van der Waals surface area (Å²) < 4.78 is 27.8. The monoisotopic (exact) mass is 424 g/mol. The highest BCUT2D eigenvalue weighted by atomic mass is 19.1. The number of amides is 2. The molecule has 5 nitrogen and oxygen atoms in total. The van der Waals surface area contributed by atoms with Gasteiger partial charge in [-0.05, 0) is 47.9 Å². The maximum Gasteiger partial charge on any atom is 0.255 e. The van der Waals surface area contributed by atoms with E-state index in [0.717, 1.165) is 18.2 Å². The highest BCUT2D eigenvalue weighted by molar-refractivity contribution is 5.98. The molecule has 0 aromatic heterocycles. The molecule has 0 unspecified atom stereocenters. The number of hydrogen-bond acceptors (Lipinski definition) is 3. The third-order valence-electron chi connectivity index (χ3n) is 5.07. The summed E-state index contributed by atoms with van der Waals surface area (Å²) in [6.07, 6.45) is 0. The summed E-state index contributed by atoms with van der Waals surface area (Å²) in [6.45, 7) is 1.39. The quantitative estimate of drug-likeness (QED) is 0.604. The van der Waals surface area contributed by atoms with Crippen molar-refractivity contribution in [2.45, 2.75) is 25.6 Å². The lowest BCUT2D eigenvalue weighted by molar-refractivity contribution is -0.123. The Balaban J connectivity index is 2.13. The third-order valence-corrected chi connectivity index (χ3v) is 5.07. The average molecular weight is 424 g/mol. The topological polar surface area (TPSA) is 83.6 Å². The summed E-state index contributed by atoms with van der Waals surface area (Å²) in [5.74, 6) is -2.92. The Labute approximate surface area is 178 Å². The van der Waals surface area contributed by atoms with Gasteiger partial charge in [0.2, 0.25) is 5.91 Å². The molecule has 7 heteroatoms. The molecule has 0 saturated carbocycles. The summed E-state index contributed by atoms with van der Waals surface area (Å²) in [5.41, 5.74) is 7.19. The molecule has 0 aliphatic heterocycles. The zero-order chi connectivity index (χ0) is 22.5. The fourth-order valence-corrected chi connectivity index (χ4v) is 3.49. The molecule has 0 aliphatic carbocycles. The van der Waals surface area contributed by atoms with E-state index >= 15 is 0 Å². The van der Waals surface area contributed by atoms with Crippen LogP contribution in [0.25, 0.3) is 0 Å². The fourth-order valence-electron chi connectivity index (χ4n) is 3.49. The Bertz CT molecular complexity index is 1050. The predicted molar refractivity (Wildman–Crippen MR) is 112 cm³/mol. The van der Waals surface area contributed by atoms with Crippen LogP contribution < -0.4 is 5.73 Å². The van der Waals surface area contributed by atoms with Crippen molar-refractivity contribution >= 4 is 11.8 Å². The molecule has 31 heavy (non-hydrogen) atoms. The van der Waals surface area contributed by atoms with Crippen molar-refractivity contribution in [2.75, 3.05) is 0 Å². The summed E-state index contributed by atoms with van der Waals surface area (Å²) in [5, 5.41) is 9.25. The first kappa shape index (κ1) is 22.1. The number of primary amides is 1. The number of carbonyl (C=O) groups excluding carboxylic acids is 2. The Morgan fingerprint density at radius 1 is 0.935 bits per heavy atom. The number of rotatable bonds is 7. The van der Waals surface area contributed by atoms with Crippen LogP contribution in [0.15, 0.2) is 72.8 Å². The van der Waals surface area contributed by atoms with E-state index in [2.05, 4.69) is 0 Å². The second kappa shape index (κ2) is 9.49. The first-order valence-electron chi connectivity index (χ1n) is 9.64. The summed E-state index contributed by atoms with van der Waals surface area (Å²) >= 11 is 0. The Kier molecular flexibility index (Phi) is 6.77. The molecule has 0 bridgehead atoms. The zero-order valence-electron chi connectivity index (χ0n) is 16.8. The molecular weight excluding hydrogens is 402 g/mol. The van der Waals surface area contributed by atoms with Crippen molar-refractivity contribution in [3.05, 3.63) is 107 Å². The van der Waals surface area contributed by atoms with Crippen LogP contribution in [0.2, 0.25) is 0 Å². The van der Waals surface area contributed by atoms with Gasteiger partial charge < -0.3 is 15.7 Å². The van der Waals surface area contributed by atoms with Crippen molar-refractivity contribution in [1.82, 2.24) is 4.90 Å². The lowest BCUT2D eigenvalue weighted by Crippen LogP contribution is -2.43. The second-order valence-electron chi connectivity index (χ2n) is 7.16. The van der Waals surface area contributed by atoms with Gasteiger partial charge in [0.15, 0.2) is 0 Å². The number of nitrogens with zero attached hydrogens (tertiary/aromatic N) is 1. The number of benzene rings is 3. The largest absolute Gasteiger partial charge is 0.392 e. The summed E-state index contributed by atoms with van der Waals surface area (Å²) in [7, 11) is 0. The van der Waals surface area contributed by atoms with Crippen molar-refractivity contribution in [3.8, 4) is 0 Å². The van der Waals surface area contributed by atoms with Crippen LogP contribution in [0, 0.1) is 11.6 Å². The minimum absolute atomic E-state index is 0.181. The molecule has 0 fully saturated rings. The first-order chi connectivity index (χ1) is 14.8. The van der Waals surface area contributed by atoms with Crippen molar-refractivity contribution < 1.29 is 23.5 Å². The molecule has 3 aromatic carbocycles. The predicted octanol–water partition coefficient (Wildman–Crippen LogP) is 3.89. The molecule has 3 N–H and O–H groups in total. The van der Waals surface area contributed by atoms with Gasteiger partial charge >= 0.3 is 0 Å². The average Bonchev–Trinajstić information content (AvgIpc) is 2.76. The number of halogens is 2. The number of hydrogen-bond donors (Lipinski definition) is 2. The van der Waals surface area contributed by atoms with Crippen molar-refractivity contribution in [1.29, 1.82) is 0 Å². The second-order valence-corrected chi connectivity index (χ2v) is 7.16. The normalized spacial score (nSPS) is 12.8. The van der Waals surface area contributed by atoms with Crippen molar-refractivity contribution in [2.24, 2.45) is 5.73 Å². The third kappa shape index (κ3) is 4.95. The van der Waals surface area contributed by atoms with Gasteiger partial charge in [-0.2, -0.15) is 0 Å². The van der Waals surface area contributed by atoms with Crippen LogP contribution in [0.1, 0.15) is 46.1 Å². The van der Waals surface area contributed by atoms with Crippen LogP contribution in [-0.4, -0.2) is 21.8 Å². The molecule has 0 radical (unpaired) electrons. The van der Waals surface area contributed by atoms with Gasteiger partial charge in [0.05, 0.1) is 12.6 Å². The van der Waals surface area contributed by atoms with E-state index in [-0.39, 0.29) is 17.7 Å². The van der Waals surface area contributed by atoms with Gasteiger partial charge in [-0.3, -0.25) is 9.59 Å². The lowest BCUT2D eigenvalue weighted by Gasteiger charge is -2.35. The maximum atomic E-state index is 13.9. The van der Waals surface area contributed by atoms with Gasteiger partial charge in [0.1, 0.15) is 17.7 Å². The minimum atomic E-state index is -1.17. The van der Waals surface area contributed by atoms with Gasteiger partial charge in [0, 0.05) is 11.6 Å². The van der Waals surface area contributed by atoms with Gasteiger partial charge in [-0.25, -0.2) is 8.78 Å². The number of aliphatic hydroxyl groups excluding tert-OH is 1. The van der Waals surface area contributed by atoms with Crippen LogP contribution >= 0.6 is 0 Å². The highest BCUT2D eigenvalue weighted by Gasteiger charge is 2.35. The molecule has 3 rings (SSSR count). The van der Waals surface area contributed by atoms with E-state index in [1.165, 1.54) is 17.0 Å².